The maximum absolute atomic E-state index is 10.3. The van der Waals surface area contributed by atoms with Gasteiger partial charge in [0.1, 0.15) is 0 Å². The second kappa shape index (κ2) is 17.0. The molecule has 2 unspecified atom stereocenters. The number of hydrogen-bond acceptors (Lipinski definition) is 9. The Bertz CT molecular complexity index is 554. The number of hydrogen-bond donors (Lipinski definition) is 2. The van der Waals surface area contributed by atoms with Gasteiger partial charge < -0.3 is 33.6 Å². The molecule has 2 saturated heterocycles. The van der Waals surface area contributed by atoms with Gasteiger partial charge in [-0.2, -0.15) is 0 Å². The molecule has 0 saturated carbocycles. The van der Waals surface area contributed by atoms with Crippen LogP contribution in [0.4, 0.5) is 0 Å². The summed E-state index contributed by atoms with van der Waals surface area (Å²) in [5, 5.41) is 20.6. The van der Waals surface area contributed by atoms with Crippen molar-refractivity contribution in [3.63, 3.8) is 0 Å². The average Bonchev–Trinajstić information content (AvgIpc) is 2.81. The summed E-state index contributed by atoms with van der Waals surface area (Å²) in [6.45, 7) is 21.2. The van der Waals surface area contributed by atoms with Crippen LogP contribution in [-0.2, 0) is 13.6 Å². The quantitative estimate of drug-likeness (QED) is 0.191. The van der Waals surface area contributed by atoms with Crippen LogP contribution in [0.1, 0.15) is 12.8 Å². The highest BCUT2D eigenvalue weighted by molar-refractivity contribution is 6.84. The molecule has 2 atom stereocenters. The Morgan fingerprint density at radius 3 is 1.32 bits per heavy atom. The molecule has 220 valence electrons. The molecule has 37 heavy (non-hydrogen) atoms. The lowest BCUT2D eigenvalue weighted by Crippen LogP contribution is -2.47. The van der Waals surface area contributed by atoms with Gasteiger partial charge in [0.15, 0.2) is 16.6 Å². The van der Waals surface area contributed by atoms with Gasteiger partial charge in [-0.25, -0.2) is 0 Å². The smallest absolute Gasteiger partial charge is 0.173 e. The van der Waals surface area contributed by atoms with E-state index in [1.54, 1.807) is 0 Å². The molecule has 2 N–H and O–H groups in total. The number of aliphatic hydroxyl groups excluding tert-OH is 2. The van der Waals surface area contributed by atoms with Crippen LogP contribution in [-0.4, -0.2) is 165 Å². The zero-order valence-corrected chi connectivity index (χ0v) is 26.8. The van der Waals surface area contributed by atoms with Crippen LogP contribution in [0.5, 0.6) is 0 Å². The first-order valence-corrected chi connectivity index (χ1v) is 20.7. The number of rotatable bonds is 18. The summed E-state index contributed by atoms with van der Waals surface area (Å²) in [6, 6.07) is 2.15. The molecule has 0 amide bonds. The highest BCUT2D eigenvalue weighted by Gasteiger charge is 2.32. The van der Waals surface area contributed by atoms with Gasteiger partial charge in [0.05, 0.1) is 25.4 Å². The maximum atomic E-state index is 10.3. The molecule has 2 fully saturated rings. The van der Waals surface area contributed by atoms with E-state index < -0.39 is 28.8 Å². The third-order valence-corrected chi connectivity index (χ3v) is 15.0. The van der Waals surface area contributed by atoms with Gasteiger partial charge in [-0.1, -0.05) is 0 Å². The van der Waals surface area contributed by atoms with E-state index in [9.17, 15) is 10.2 Å². The summed E-state index contributed by atoms with van der Waals surface area (Å²) in [5.74, 6) is 0. The van der Waals surface area contributed by atoms with E-state index in [0.717, 1.165) is 77.3 Å². The standard InChI is InChI=1S/C26H58N4O5Si2/c1-27-9-13-29(14-10-27)21-25(31)23-33-17-7-19-36(3,4)35-37(5,6)20-8-18-34-24-26(32)22-30-15-11-28(2)12-16-30/h25-26,31-32H,7-24H2,1-6H3. The lowest BCUT2D eigenvalue weighted by Gasteiger charge is -2.34. The third-order valence-electron chi connectivity index (χ3n) is 7.44. The van der Waals surface area contributed by atoms with Gasteiger partial charge in [0, 0.05) is 78.7 Å². The Morgan fingerprint density at radius 2 is 0.973 bits per heavy atom. The van der Waals surface area contributed by atoms with Gasteiger partial charge in [-0.05, 0) is 65.2 Å². The number of β-amino-alcohol motifs (C(OH)–C–C–N with tert-alkyl or cyclic N) is 2. The predicted octanol–water partition coefficient (Wildman–Crippen LogP) is 1.44. The second-order valence-corrected chi connectivity index (χ2v) is 21.3. The first kappa shape index (κ1) is 33.3. The molecule has 0 aliphatic carbocycles. The van der Waals surface area contributed by atoms with Crippen LogP contribution in [0.2, 0.25) is 38.3 Å². The fourth-order valence-corrected chi connectivity index (χ4v) is 14.0. The highest BCUT2D eigenvalue weighted by atomic mass is 28.4. The monoisotopic (exact) mass is 562 g/mol. The molecule has 11 heteroatoms. The van der Waals surface area contributed by atoms with Crippen molar-refractivity contribution in [2.45, 2.75) is 63.3 Å². The molecular formula is C26H58N4O5Si2. The summed E-state index contributed by atoms with van der Waals surface area (Å²) >= 11 is 0. The molecule has 0 aromatic rings. The summed E-state index contributed by atoms with van der Waals surface area (Å²) in [6.07, 6.45) is 1.15. The largest absolute Gasteiger partial charge is 0.455 e. The molecule has 0 aromatic carbocycles. The van der Waals surface area contributed by atoms with E-state index in [0.29, 0.717) is 39.5 Å². The first-order valence-electron chi connectivity index (χ1n) is 14.5. The van der Waals surface area contributed by atoms with Crippen molar-refractivity contribution in [2.75, 3.05) is 106 Å². The molecule has 0 aromatic heterocycles. The normalized spacial score (nSPS) is 21.4. The molecule has 2 heterocycles. The second-order valence-electron chi connectivity index (χ2n) is 12.5. The van der Waals surface area contributed by atoms with Crippen LogP contribution < -0.4 is 0 Å². The number of piperazine rings is 2. The molecule has 9 nitrogen and oxygen atoms in total. The SMILES string of the molecule is CN1CCN(CC(O)COCCC[Si](C)(C)O[Si](C)(C)CCCOCC(O)CN2CCN(C)CC2)CC1. The Kier molecular flexibility index (Phi) is 15.3. The van der Waals surface area contributed by atoms with Crippen molar-refractivity contribution in [1.29, 1.82) is 0 Å². The lowest BCUT2D eigenvalue weighted by molar-refractivity contribution is 0.00892. The van der Waals surface area contributed by atoms with Crippen LogP contribution in [0.25, 0.3) is 0 Å². The lowest BCUT2D eigenvalue weighted by atomic mass is 10.3. The fraction of sp³-hybridized carbons (Fsp3) is 1.00. The van der Waals surface area contributed by atoms with Gasteiger partial charge in [0.2, 0.25) is 0 Å². The molecule has 2 rings (SSSR count). The Morgan fingerprint density at radius 1 is 0.622 bits per heavy atom. The average molecular weight is 563 g/mol. The Hall–Kier alpha value is 0.0738. The van der Waals surface area contributed by atoms with E-state index >= 15 is 0 Å². The van der Waals surface area contributed by atoms with Gasteiger partial charge in [-0.3, -0.25) is 9.80 Å². The molecule has 2 aliphatic rings. The Labute approximate surface area is 229 Å². The van der Waals surface area contributed by atoms with Gasteiger partial charge in [-0.15, -0.1) is 0 Å². The highest BCUT2D eigenvalue weighted by Crippen LogP contribution is 2.24. The molecule has 2 aliphatic heterocycles. The van der Waals surface area contributed by atoms with Gasteiger partial charge in [0.25, 0.3) is 0 Å². The number of nitrogens with zero attached hydrogens (tertiary/aromatic N) is 4. The zero-order chi connectivity index (χ0) is 27.3. The van der Waals surface area contributed by atoms with E-state index in [1.807, 2.05) is 0 Å². The first-order chi connectivity index (χ1) is 17.4. The summed E-state index contributed by atoms with van der Waals surface area (Å²) in [7, 11) is 0.778. The van der Waals surface area contributed by atoms with Crippen molar-refractivity contribution < 1.29 is 23.8 Å². The predicted molar refractivity (Wildman–Crippen MR) is 156 cm³/mol. The number of ether oxygens (including phenoxy) is 2. The summed E-state index contributed by atoms with van der Waals surface area (Å²) in [4.78, 5) is 9.31. The molecular weight excluding hydrogens is 504 g/mol. The van der Waals surface area contributed by atoms with Crippen molar-refractivity contribution in [1.82, 2.24) is 19.6 Å². The molecule has 0 radical (unpaired) electrons. The minimum atomic E-state index is -1.76. The number of aliphatic hydroxyl groups is 2. The zero-order valence-electron chi connectivity index (χ0n) is 24.8. The van der Waals surface area contributed by atoms with E-state index in [2.05, 4.69) is 59.9 Å². The van der Waals surface area contributed by atoms with E-state index in [4.69, 9.17) is 13.6 Å². The van der Waals surface area contributed by atoms with E-state index in [1.165, 1.54) is 0 Å². The van der Waals surface area contributed by atoms with Gasteiger partial charge >= 0.3 is 0 Å². The van der Waals surface area contributed by atoms with Crippen LogP contribution in [0.3, 0.4) is 0 Å². The maximum Gasteiger partial charge on any atom is 0.173 e. The molecule has 0 bridgehead atoms. The van der Waals surface area contributed by atoms with Crippen LogP contribution in [0, 0.1) is 0 Å². The summed E-state index contributed by atoms with van der Waals surface area (Å²) < 4.78 is 18.3. The van der Waals surface area contributed by atoms with Crippen molar-refractivity contribution in [3.8, 4) is 0 Å². The third kappa shape index (κ3) is 15.4. The van der Waals surface area contributed by atoms with Crippen molar-refractivity contribution in [3.05, 3.63) is 0 Å². The topological polar surface area (TPSA) is 81.1 Å². The van der Waals surface area contributed by atoms with Crippen LogP contribution >= 0.6 is 0 Å². The van der Waals surface area contributed by atoms with Crippen molar-refractivity contribution >= 4 is 16.6 Å². The Balaban J connectivity index is 1.49. The molecule has 0 spiro atoms. The van der Waals surface area contributed by atoms with Crippen LogP contribution in [0.15, 0.2) is 0 Å². The van der Waals surface area contributed by atoms with E-state index in [-0.39, 0.29) is 0 Å². The summed E-state index contributed by atoms with van der Waals surface area (Å²) in [5.41, 5.74) is 0. The van der Waals surface area contributed by atoms with Crippen molar-refractivity contribution in [2.24, 2.45) is 0 Å². The fourth-order valence-electron chi connectivity index (χ4n) is 5.25. The minimum absolute atomic E-state index is 0.411. The minimum Gasteiger partial charge on any atom is -0.455 e. The number of likely N-dealkylation sites (N-methyl/N-ethyl adjacent to an activating group) is 2.